The Labute approximate surface area is 183 Å². The molecule has 0 aliphatic carbocycles. The van der Waals surface area contributed by atoms with Crippen molar-refractivity contribution in [3.63, 3.8) is 0 Å². The largest absolute Gasteiger partial charge is 0.322 e. The second kappa shape index (κ2) is 8.22. The van der Waals surface area contributed by atoms with Gasteiger partial charge in [0.1, 0.15) is 0 Å². The molecule has 0 bridgehead atoms. The fourth-order valence-corrected chi connectivity index (χ4v) is 5.20. The smallest absolute Gasteiger partial charge is 0.257 e. The molecule has 2 heterocycles. The third-order valence-electron chi connectivity index (χ3n) is 4.56. The number of carbonyl (C=O) groups excluding carboxylic acids is 1. The van der Waals surface area contributed by atoms with Crippen molar-refractivity contribution in [1.29, 1.82) is 0 Å². The second-order valence-electron chi connectivity index (χ2n) is 6.66. The van der Waals surface area contributed by atoms with Gasteiger partial charge in [-0.05, 0) is 48.9 Å². The Hall–Kier alpha value is -2.68. The third kappa shape index (κ3) is 4.26. The van der Waals surface area contributed by atoms with Crippen LogP contribution in [0.1, 0.15) is 16.8 Å². The van der Waals surface area contributed by atoms with Gasteiger partial charge in [0.05, 0.1) is 22.0 Å². The minimum absolute atomic E-state index is 0.0873. The summed E-state index contributed by atoms with van der Waals surface area (Å²) >= 11 is 12.4. The van der Waals surface area contributed by atoms with Crippen molar-refractivity contribution in [1.82, 2.24) is 9.97 Å². The van der Waals surface area contributed by atoms with Gasteiger partial charge in [0.2, 0.25) is 10.0 Å². The number of carbonyl (C=O) groups is 1. The van der Waals surface area contributed by atoms with Gasteiger partial charge in [-0.25, -0.2) is 18.4 Å². The molecule has 1 N–H and O–H groups in total. The van der Waals surface area contributed by atoms with Gasteiger partial charge in [0.25, 0.3) is 5.91 Å². The molecule has 0 saturated carbocycles. The molecule has 3 aromatic rings. The summed E-state index contributed by atoms with van der Waals surface area (Å²) in [6.07, 6.45) is 3.76. The van der Waals surface area contributed by atoms with Crippen LogP contribution in [0, 0.1) is 0 Å². The molecular weight excluding hydrogens is 447 g/mol. The lowest BCUT2D eigenvalue weighted by Gasteiger charge is -2.18. The lowest BCUT2D eigenvalue weighted by atomic mass is 10.1. The summed E-state index contributed by atoms with van der Waals surface area (Å²) in [7, 11) is -3.37. The van der Waals surface area contributed by atoms with E-state index in [2.05, 4.69) is 15.3 Å². The Morgan fingerprint density at radius 2 is 1.83 bits per heavy atom. The first-order valence-corrected chi connectivity index (χ1v) is 11.4. The quantitative estimate of drug-likeness (QED) is 0.625. The lowest BCUT2D eigenvalue weighted by Crippen LogP contribution is -2.25. The predicted octanol–water partition coefficient (Wildman–Crippen LogP) is 4.24. The zero-order valence-electron chi connectivity index (χ0n) is 15.5. The minimum atomic E-state index is -3.37. The second-order valence-corrected chi connectivity index (χ2v) is 9.52. The monoisotopic (exact) mass is 462 g/mol. The van der Waals surface area contributed by atoms with E-state index in [4.69, 9.17) is 23.2 Å². The fraction of sp³-hybridized carbons (Fsp3) is 0.150. The number of hydrogen-bond acceptors (Lipinski definition) is 5. The molecule has 10 heteroatoms. The lowest BCUT2D eigenvalue weighted by molar-refractivity contribution is 0.102. The summed E-state index contributed by atoms with van der Waals surface area (Å²) in [5, 5.41) is 3.37. The number of sulfonamides is 1. The first-order chi connectivity index (χ1) is 14.3. The number of nitrogens with zero attached hydrogens (tertiary/aromatic N) is 3. The highest BCUT2D eigenvalue weighted by molar-refractivity contribution is 7.93. The van der Waals surface area contributed by atoms with Gasteiger partial charge < -0.3 is 5.32 Å². The van der Waals surface area contributed by atoms with Crippen molar-refractivity contribution in [2.45, 2.75) is 6.42 Å². The molecule has 1 aliphatic rings. The molecule has 0 spiro atoms. The maximum absolute atomic E-state index is 12.9. The molecule has 0 unspecified atom stereocenters. The Balaban J connectivity index is 1.63. The first-order valence-electron chi connectivity index (χ1n) is 9.03. The number of aromatic nitrogens is 2. The fourth-order valence-electron chi connectivity index (χ4n) is 3.21. The van der Waals surface area contributed by atoms with Gasteiger partial charge >= 0.3 is 0 Å². The number of nitrogens with one attached hydrogen (secondary N) is 1. The average Bonchev–Trinajstić information content (AvgIpc) is 3.07. The van der Waals surface area contributed by atoms with E-state index < -0.39 is 15.9 Å². The van der Waals surface area contributed by atoms with Gasteiger partial charge in [-0.3, -0.25) is 9.10 Å². The van der Waals surface area contributed by atoms with E-state index >= 15 is 0 Å². The molecule has 7 nitrogen and oxygen atoms in total. The molecule has 1 amide bonds. The van der Waals surface area contributed by atoms with Crippen LogP contribution in [0.5, 0.6) is 0 Å². The molecule has 1 aliphatic heterocycles. The molecule has 0 atom stereocenters. The van der Waals surface area contributed by atoms with Crippen LogP contribution in [0.2, 0.25) is 10.0 Å². The molecule has 1 saturated heterocycles. The molecule has 30 heavy (non-hydrogen) atoms. The number of rotatable bonds is 4. The predicted molar refractivity (Wildman–Crippen MR) is 118 cm³/mol. The summed E-state index contributed by atoms with van der Waals surface area (Å²) in [6.45, 7) is 0.375. The molecule has 2 aromatic carbocycles. The number of anilines is 2. The van der Waals surface area contributed by atoms with E-state index in [1.165, 1.54) is 16.4 Å². The highest BCUT2D eigenvalue weighted by atomic mass is 35.5. The number of amides is 1. The first kappa shape index (κ1) is 20.6. The topological polar surface area (TPSA) is 92.3 Å². The molecule has 0 radical (unpaired) electrons. The van der Waals surface area contributed by atoms with E-state index in [9.17, 15) is 13.2 Å². The summed E-state index contributed by atoms with van der Waals surface area (Å²) in [5.74, 6) is 0.0692. The van der Waals surface area contributed by atoms with Crippen molar-refractivity contribution in [3.05, 3.63) is 70.5 Å². The van der Waals surface area contributed by atoms with E-state index in [0.29, 0.717) is 40.8 Å². The summed E-state index contributed by atoms with van der Waals surface area (Å²) in [5.41, 5.74) is 1.65. The maximum Gasteiger partial charge on any atom is 0.257 e. The van der Waals surface area contributed by atoms with Gasteiger partial charge in [0.15, 0.2) is 5.82 Å². The highest BCUT2D eigenvalue weighted by Crippen LogP contribution is 2.30. The highest BCUT2D eigenvalue weighted by Gasteiger charge is 2.29. The summed E-state index contributed by atoms with van der Waals surface area (Å²) < 4.78 is 25.7. The van der Waals surface area contributed by atoms with Crippen LogP contribution in [-0.4, -0.2) is 36.6 Å². The van der Waals surface area contributed by atoms with Crippen LogP contribution in [0.15, 0.2) is 54.9 Å². The van der Waals surface area contributed by atoms with E-state index in [1.807, 2.05) is 0 Å². The van der Waals surface area contributed by atoms with Crippen LogP contribution < -0.4 is 9.62 Å². The zero-order chi connectivity index (χ0) is 21.3. The number of hydrogen-bond donors (Lipinski definition) is 1. The van der Waals surface area contributed by atoms with Crippen molar-refractivity contribution >= 4 is 50.5 Å². The average molecular weight is 463 g/mol. The zero-order valence-corrected chi connectivity index (χ0v) is 17.9. The molecule has 1 aromatic heterocycles. The SMILES string of the molecule is O=C(Nc1cc(Cl)cc(-c2ncccn2)c1)c1cc(N2CCCS2(=O)=O)ccc1Cl. The van der Waals surface area contributed by atoms with Crippen molar-refractivity contribution in [2.24, 2.45) is 0 Å². The standard InChI is InChI=1S/C20H16Cl2N4O3S/c21-14-9-13(19-23-5-1-6-24-19)10-15(11-14)25-20(27)17-12-16(3-4-18(17)22)26-7-2-8-30(26,28)29/h1,3-6,9-12H,2,7-8H2,(H,25,27). The number of halogens is 2. The molecular formula is C20H16Cl2N4O3S. The normalized spacial score (nSPS) is 15.2. The van der Waals surface area contributed by atoms with Crippen LogP contribution in [-0.2, 0) is 10.0 Å². The van der Waals surface area contributed by atoms with Gasteiger partial charge in [-0.1, -0.05) is 23.2 Å². The maximum atomic E-state index is 12.9. The van der Waals surface area contributed by atoms with E-state index in [0.717, 1.165) is 0 Å². The van der Waals surface area contributed by atoms with Gasteiger partial charge in [-0.2, -0.15) is 0 Å². The molecule has 4 rings (SSSR count). The van der Waals surface area contributed by atoms with Crippen LogP contribution in [0.4, 0.5) is 11.4 Å². The van der Waals surface area contributed by atoms with E-state index in [-0.39, 0.29) is 16.3 Å². The molecule has 154 valence electrons. The summed E-state index contributed by atoms with van der Waals surface area (Å²) in [6, 6.07) is 11.3. The Morgan fingerprint density at radius 3 is 2.53 bits per heavy atom. The Morgan fingerprint density at radius 1 is 1.07 bits per heavy atom. The van der Waals surface area contributed by atoms with Crippen molar-refractivity contribution in [2.75, 3.05) is 21.9 Å². The number of benzene rings is 2. The van der Waals surface area contributed by atoms with E-state index in [1.54, 1.807) is 42.7 Å². The van der Waals surface area contributed by atoms with Gasteiger partial charge in [-0.15, -0.1) is 0 Å². The third-order valence-corrected chi connectivity index (χ3v) is 6.98. The van der Waals surface area contributed by atoms with Crippen LogP contribution >= 0.6 is 23.2 Å². The van der Waals surface area contributed by atoms with Crippen molar-refractivity contribution in [3.8, 4) is 11.4 Å². The molecule has 1 fully saturated rings. The minimum Gasteiger partial charge on any atom is -0.322 e. The Bertz CT molecular complexity index is 1220. The van der Waals surface area contributed by atoms with Gasteiger partial charge in [0, 0.05) is 35.2 Å². The van der Waals surface area contributed by atoms with Crippen LogP contribution in [0.3, 0.4) is 0 Å². The Kier molecular flexibility index (Phi) is 5.64. The summed E-state index contributed by atoms with van der Waals surface area (Å²) in [4.78, 5) is 21.3. The van der Waals surface area contributed by atoms with Crippen LogP contribution in [0.25, 0.3) is 11.4 Å². The van der Waals surface area contributed by atoms with Crippen molar-refractivity contribution < 1.29 is 13.2 Å².